The van der Waals surface area contributed by atoms with Crippen molar-refractivity contribution in [3.8, 4) is 0 Å². The monoisotopic (exact) mass is 266 g/mol. The Kier molecular flexibility index (Phi) is 3.59. The van der Waals surface area contributed by atoms with Crippen molar-refractivity contribution in [1.29, 1.82) is 0 Å². The summed E-state index contributed by atoms with van der Waals surface area (Å²) < 4.78 is 11.6. The van der Waals surface area contributed by atoms with E-state index in [0.29, 0.717) is 17.9 Å². The van der Waals surface area contributed by atoms with Gasteiger partial charge in [0.25, 0.3) is 0 Å². The van der Waals surface area contributed by atoms with E-state index in [1.54, 1.807) is 0 Å². The molecular formula is C16H26O3. The highest BCUT2D eigenvalue weighted by molar-refractivity contribution is 5.66. The van der Waals surface area contributed by atoms with Crippen molar-refractivity contribution in [2.24, 2.45) is 29.6 Å². The minimum absolute atomic E-state index is 0.223. The maximum absolute atomic E-state index is 11.2. The molecule has 4 bridgehead atoms. The second kappa shape index (κ2) is 5.08. The highest BCUT2D eigenvalue weighted by Gasteiger charge is 2.49. The number of rotatable bonds is 4. The lowest BCUT2D eigenvalue weighted by Crippen LogP contribution is -2.51. The number of carbonyl (C=O) groups is 1. The van der Waals surface area contributed by atoms with Crippen LogP contribution < -0.4 is 0 Å². The molecule has 108 valence electrons. The molecule has 0 aromatic carbocycles. The van der Waals surface area contributed by atoms with Crippen LogP contribution in [-0.2, 0) is 14.3 Å². The highest BCUT2D eigenvalue weighted by atomic mass is 16.7. The fourth-order valence-corrected chi connectivity index (χ4v) is 4.74. The van der Waals surface area contributed by atoms with Crippen LogP contribution in [0.15, 0.2) is 0 Å². The summed E-state index contributed by atoms with van der Waals surface area (Å²) in [4.78, 5) is 11.2. The third-order valence-electron chi connectivity index (χ3n) is 5.26. The van der Waals surface area contributed by atoms with Crippen LogP contribution in [0.3, 0.4) is 0 Å². The predicted molar refractivity (Wildman–Crippen MR) is 72.3 cm³/mol. The first-order valence-corrected chi connectivity index (χ1v) is 7.85. The zero-order valence-corrected chi connectivity index (χ0v) is 12.3. The van der Waals surface area contributed by atoms with Gasteiger partial charge in [-0.25, -0.2) is 0 Å². The molecule has 3 nitrogen and oxygen atoms in total. The van der Waals surface area contributed by atoms with Gasteiger partial charge in [0, 0.05) is 12.8 Å². The smallest absolute Gasteiger partial charge is 0.304 e. The minimum Gasteiger partial charge on any atom is -0.436 e. The third kappa shape index (κ3) is 2.67. The molecule has 19 heavy (non-hydrogen) atoms. The summed E-state index contributed by atoms with van der Waals surface area (Å²) in [7, 11) is 0. The van der Waals surface area contributed by atoms with Crippen molar-refractivity contribution < 1.29 is 14.3 Å². The fraction of sp³-hybridized carbons (Fsp3) is 0.938. The topological polar surface area (TPSA) is 35.5 Å². The molecule has 4 fully saturated rings. The molecule has 1 atom stereocenters. The van der Waals surface area contributed by atoms with Crippen LogP contribution in [0.2, 0.25) is 0 Å². The van der Waals surface area contributed by atoms with Crippen LogP contribution in [0, 0.1) is 29.6 Å². The zero-order chi connectivity index (χ0) is 13.6. The number of hydrogen-bond donors (Lipinski definition) is 0. The van der Waals surface area contributed by atoms with E-state index in [1.807, 2.05) is 0 Å². The number of ether oxygens (including phenoxy) is 2. The zero-order valence-electron chi connectivity index (χ0n) is 12.3. The Morgan fingerprint density at radius 2 is 1.53 bits per heavy atom. The summed E-state index contributed by atoms with van der Waals surface area (Å²) >= 11 is 0. The van der Waals surface area contributed by atoms with Crippen molar-refractivity contribution in [1.82, 2.24) is 0 Å². The molecule has 1 unspecified atom stereocenters. The molecule has 0 saturated heterocycles. The van der Waals surface area contributed by atoms with Crippen LogP contribution in [0.1, 0.15) is 52.9 Å². The number of hydrogen-bond acceptors (Lipinski definition) is 3. The van der Waals surface area contributed by atoms with Gasteiger partial charge in [0.15, 0.2) is 0 Å². The fourth-order valence-electron chi connectivity index (χ4n) is 4.74. The summed E-state index contributed by atoms with van der Waals surface area (Å²) in [6.07, 6.45) is 6.77. The van der Waals surface area contributed by atoms with E-state index in [4.69, 9.17) is 9.47 Å². The minimum atomic E-state index is -0.361. The normalized spacial score (nSPS) is 41.6. The molecule has 4 rings (SSSR count). The molecule has 0 heterocycles. The van der Waals surface area contributed by atoms with Crippen molar-refractivity contribution in [3.05, 3.63) is 0 Å². The largest absolute Gasteiger partial charge is 0.436 e. The molecule has 0 amide bonds. The Balaban J connectivity index is 1.66. The van der Waals surface area contributed by atoms with Gasteiger partial charge in [0.05, 0.1) is 6.10 Å². The summed E-state index contributed by atoms with van der Waals surface area (Å²) in [5.74, 6) is 3.33. The Labute approximate surface area is 116 Å². The molecule has 0 spiro atoms. The maximum Gasteiger partial charge on any atom is 0.304 e. The third-order valence-corrected chi connectivity index (χ3v) is 5.26. The first kappa shape index (κ1) is 13.4. The quantitative estimate of drug-likeness (QED) is 0.578. The Hall–Kier alpha value is -0.570. The van der Waals surface area contributed by atoms with E-state index >= 15 is 0 Å². The molecule has 4 aliphatic carbocycles. The molecule has 0 radical (unpaired) electrons. The van der Waals surface area contributed by atoms with Gasteiger partial charge in [-0.3, -0.25) is 4.79 Å². The molecule has 0 aromatic rings. The molecular weight excluding hydrogens is 240 g/mol. The van der Waals surface area contributed by atoms with Crippen LogP contribution in [0.5, 0.6) is 0 Å². The summed E-state index contributed by atoms with van der Waals surface area (Å²) in [6.45, 7) is 5.59. The Morgan fingerprint density at radius 3 is 1.95 bits per heavy atom. The Morgan fingerprint density at radius 1 is 1.00 bits per heavy atom. The second-order valence-electron chi connectivity index (χ2n) is 7.25. The lowest BCUT2D eigenvalue weighted by molar-refractivity contribution is -0.235. The van der Waals surface area contributed by atoms with Gasteiger partial charge in [-0.15, -0.1) is 0 Å². The van der Waals surface area contributed by atoms with Gasteiger partial charge >= 0.3 is 5.97 Å². The summed E-state index contributed by atoms with van der Waals surface area (Å²) in [5, 5.41) is 0. The molecule has 4 aliphatic rings. The van der Waals surface area contributed by atoms with Gasteiger partial charge in [0.2, 0.25) is 6.29 Å². The first-order valence-electron chi connectivity index (χ1n) is 7.85. The molecule has 0 aliphatic heterocycles. The van der Waals surface area contributed by atoms with E-state index in [9.17, 15) is 4.79 Å². The van der Waals surface area contributed by atoms with Gasteiger partial charge in [-0.1, -0.05) is 13.8 Å². The van der Waals surface area contributed by atoms with E-state index in [1.165, 1.54) is 39.0 Å². The average molecular weight is 266 g/mol. The van der Waals surface area contributed by atoms with Gasteiger partial charge in [-0.2, -0.15) is 0 Å². The van der Waals surface area contributed by atoms with Gasteiger partial charge < -0.3 is 9.47 Å². The SMILES string of the molecule is CC(=O)OC(OC1C2CC3CC(C2)CC1C3)C(C)C. The lowest BCUT2D eigenvalue weighted by Gasteiger charge is -2.54. The van der Waals surface area contributed by atoms with E-state index in [2.05, 4.69) is 13.8 Å². The standard InChI is InChI=1S/C16H26O3/c1-9(2)16(18-10(3)17)19-15-13-5-11-4-12(7-13)8-14(15)6-11/h9,11-16H,4-8H2,1-3H3. The van der Waals surface area contributed by atoms with Crippen LogP contribution in [0.4, 0.5) is 0 Å². The van der Waals surface area contributed by atoms with Crippen LogP contribution in [0.25, 0.3) is 0 Å². The molecule has 0 aromatic heterocycles. The maximum atomic E-state index is 11.2. The number of esters is 1. The summed E-state index contributed by atoms with van der Waals surface area (Å²) in [5.41, 5.74) is 0. The average Bonchev–Trinajstić information content (AvgIpc) is 2.30. The predicted octanol–water partition coefficient (Wildman–Crippen LogP) is 3.37. The molecule has 0 N–H and O–H groups in total. The summed E-state index contributed by atoms with van der Waals surface area (Å²) in [6, 6.07) is 0. The van der Waals surface area contributed by atoms with Crippen molar-refractivity contribution in [2.45, 2.75) is 65.3 Å². The van der Waals surface area contributed by atoms with E-state index in [-0.39, 0.29) is 18.2 Å². The molecule has 3 heteroatoms. The van der Waals surface area contributed by atoms with Crippen molar-refractivity contribution >= 4 is 5.97 Å². The van der Waals surface area contributed by atoms with E-state index in [0.717, 1.165) is 11.8 Å². The Bertz CT molecular complexity index is 322. The van der Waals surface area contributed by atoms with E-state index < -0.39 is 0 Å². The van der Waals surface area contributed by atoms with Crippen molar-refractivity contribution in [3.63, 3.8) is 0 Å². The lowest BCUT2D eigenvalue weighted by atomic mass is 9.55. The van der Waals surface area contributed by atoms with Crippen LogP contribution >= 0.6 is 0 Å². The highest BCUT2D eigenvalue weighted by Crippen LogP contribution is 2.55. The first-order chi connectivity index (χ1) is 9.02. The van der Waals surface area contributed by atoms with Gasteiger partial charge in [0.1, 0.15) is 0 Å². The van der Waals surface area contributed by atoms with Crippen molar-refractivity contribution in [2.75, 3.05) is 0 Å². The number of carbonyl (C=O) groups excluding carboxylic acids is 1. The van der Waals surface area contributed by atoms with Gasteiger partial charge in [-0.05, 0) is 55.8 Å². The second-order valence-corrected chi connectivity index (χ2v) is 7.25. The molecule has 4 saturated carbocycles. The van der Waals surface area contributed by atoms with Crippen LogP contribution in [-0.4, -0.2) is 18.4 Å².